The maximum Gasteiger partial charge on any atom is 0.244 e. The summed E-state index contributed by atoms with van der Waals surface area (Å²) in [4.78, 5) is 28.2. The quantitative estimate of drug-likeness (QED) is 0.367. The van der Waals surface area contributed by atoms with Gasteiger partial charge in [0.15, 0.2) is 0 Å². The van der Waals surface area contributed by atoms with Gasteiger partial charge in [0.1, 0.15) is 12.6 Å². The molecule has 37 heavy (non-hydrogen) atoms. The molecule has 2 aromatic rings. The Labute approximate surface area is 231 Å². The third-order valence-electron chi connectivity index (χ3n) is 5.93. The molecule has 0 aliphatic carbocycles. The van der Waals surface area contributed by atoms with Gasteiger partial charge in [0.05, 0.1) is 22.0 Å². The van der Waals surface area contributed by atoms with Crippen LogP contribution in [0.25, 0.3) is 0 Å². The van der Waals surface area contributed by atoms with Crippen LogP contribution in [0.15, 0.2) is 42.5 Å². The predicted octanol–water partition coefficient (Wildman–Crippen LogP) is 5.46. The zero-order chi connectivity index (χ0) is 27.9. The Morgan fingerprint density at radius 3 is 2.08 bits per heavy atom. The first kappa shape index (κ1) is 30.9. The molecule has 10 heteroatoms. The van der Waals surface area contributed by atoms with Gasteiger partial charge < -0.3 is 10.2 Å². The highest BCUT2D eigenvalue weighted by molar-refractivity contribution is 7.92. The lowest BCUT2D eigenvalue weighted by atomic mass is 10.0. The van der Waals surface area contributed by atoms with Crippen molar-refractivity contribution in [1.82, 2.24) is 10.2 Å². The van der Waals surface area contributed by atoms with Crippen LogP contribution in [0.1, 0.15) is 58.1 Å². The van der Waals surface area contributed by atoms with E-state index in [1.807, 2.05) is 46.8 Å². The largest absolute Gasteiger partial charge is 0.354 e. The molecule has 0 fully saturated rings. The van der Waals surface area contributed by atoms with Crippen LogP contribution in [-0.2, 0) is 26.2 Å². The third kappa shape index (κ3) is 8.90. The van der Waals surface area contributed by atoms with Crippen LogP contribution < -0.4 is 9.62 Å². The number of amides is 2. The Hall–Kier alpha value is -2.29. The maximum atomic E-state index is 13.7. The van der Waals surface area contributed by atoms with E-state index in [-0.39, 0.29) is 24.3 Å². The fraction of sp³-hybridized carbons (Fsp3) is 0.481. The van der Waals surface area contributed by atoms with E-state index in [1.165, 1.54) is 4.90 Å². The summed E-state index contributed by atoms with van der Waals surface area (Å²) in [5.41, 5.74) is 2.11. The molecule has 2 amide bonds. The van der Waals surface area contributed by atoms with Crippen molar-refractivity contribution in [1.29, 1.82) is 0 Å². The Kier molecular flexibility index (Phi) is 11.3. The van der Waals surface area contributed by atoms with E-state index in [2.05, 4.69) is 5.32 Å². The van der Waals surface area contributed by atoms with Gasteiger partial charge in [-0.1, -0.05) is 76.0 Å². The van der Waals surface area contributed by atoms with E-state index < -0.39 is 28.5 Å². The van der Waals surface area contributed by atoms with Crippen molar-refractivity contribution in [2.75, 3.05) is 23.7 Å². The minimum Gasteiger partial charge on any atom is -0.354 e. The van der Waals surface area contributed by atoms with Crippen LogP contribution in [0.5, 0.6) is 0 Å². The van der Waals surface area contributed by atoms with Crippen LogP contribution in [0.4, 0.5) is 5.69 Å². The second-order valence-electron chi connectivity index (χ2n) is 9.85. The highest BCUT2D eigenvalue weighted by atomic mass is 35.5. The first-order valence-electron chi connectivity index (χ1n) is 12.3. The molecule has 0 spiro atoms. The van der Waals surface area contributed by atoms with E-state index in [9.17, 15) is 18.0 Å². The molecule has 0 saturated heterocycles. The first-order valence-corrected chi connectivity index (χ1v) is 14.9. The van der Waals surface area contributed by atoms with Gasteiger partial charge in [-0.2, -0.15) is 0 Å². The minimum absolute atomic E-state index is 0.0627. The normalized spacial score (nSPS) is 12.5. The maximum absolute atomic E-state index is 13.7. The van der Waals surface area contributed by atoms with Crippen molar-refractivity contribution in [3.8, 4) is 0 Å². The zero-order valence-electron chi connectivity index (χ0n) is 22.3. The number of nitrogens with zero attached hydrogens (tertiary/aromatic N) is 2. The van der Waals surface area contributed by atoms with Gasteiger partial charge in [0.2, 0.25) is 21.8 Å². The van der Waals surface area contributed by atoms with E-state index in [0.29, 0.717) is 34.3 Å². The SMILES string of the molecule is CC[C@H](C(=O)NCC(C)C)N(Cc1ccc(Cl)c(Cl)c1)C(=O)CN(c1ccc(C(C)C)cc1)S(C)(=O)=O. The molecular weight excluding hydrogens is 533 g/mol. The topological polar surface area (TPSA) is 86.8 Å². The van der Waals surface area contributed by atoms with Crippen LogP contribution in [0.3, 0.4) is 0 Å². The molecule has 204 valence electrons. The van der Waals surface area contributed by atoms with Crippen molar-refractivity contribution >= 4 is 50.7 Å². The lowest BCUT2D eigenvalue weighted by molar-refractivity contribution is -0.140. The summed E-state index contributed by atoms with van der Waals surface area (Å²) in [6, 6.07) is 11.3. The number of anilines is 1. The third-order valence-corrected chi connectivity index (χ3v) is 7.81. The predicted molar refractivity (Wildman–Crippen MR) is 152 cm³/mol. The van der Waals surface area contributed by atoms with E-state index in [4.69, 9.17) is 23.2 Å². The van der Waals surface area contributed by atoms with Crippen molar-refractivity contribution in [2.24, 2.45) is 5.92 Å². The standard InChI is InChI=1S/C27H37Cl2N3O4S/c1-7-25(27(34)30-15-18(2)3)31(16-20-8-13-23(28)24(29)14-20)26(33)17-32(37(6,35)36)22-11-9-21(10-12-22)19(4)5/h8-14,18-19,25H,7,15-17H2,1-6H3,(H,30,34)/t25-/m1/s1. The summed E-state index contributed by atoms with van der Waals surface area (Å²) < 4.78 is 26.6. The zero-order valence-corrected chi connectivity index (χ0v) is 24.6. The summed E-state index contributed by atoms with van der Waals surface area (Å²) in [6.45, 7) is 9.94. The molecule has 0 heterocycles. The van der Waals surface area contributed by atoms with Crippen LogP contribution in [0.2, 0.25) is 10.0 Å². The lowest BCUT2D eigenvalue weighted by Crippen LogP contribution is -2.52. The number of rotatable bonds is 12. The molecule has 2 rings (SSSR count). The fourth-order valence-electron chi connectivity index (χ4n) is 3.82. The Bertz CT molecular complexity index is 1180. The van der Waals surface area contributed by atoms with Gasteiger partial charge >= 0.3 is 0 Å². The van der Waals surface area contributed by atoms with E-state index >= 15 is 0 Å². The molecule has 0 bridgehead atoms. The number of sulfonamides is 1. The van der Waals surface area contributed by atoms with Gasteiger partial charge in [-0.25, -0.2) is 8.42 Å². The second-order valence-corrected chi connectivity index (χ2v) is 12.6. The monoisotopic (exact) mass is 569 g/mol. The number of benzene rings is 2. The van der Waals surface area contributed by atoms with Crippen molar-refractivity contribution < 1.29 is 18.0 Å². The molecule has 1 atom stereocenters. The van der Waals surface area contributed by atoms with Crippen LogP contribution in [-0.4, -0.2) is 50.5 Å². The van der Waals surface area contributed by atoms with Gasteiger partial charge in [0.25, 0.3) is 0 Å². The van der Waals surface area contributed by atoms with Gasteiger partial charge in [0, 0.05) is 13.1 Å². The molecule has 1 N–H and O–H groups in total. The average Bonchev–Trinajstić information content (AvgIpc) is 2.82. The first-order chi connectivity index (χ1) is 17.2. The summed E-state index contributed by atoms with van der Waals surface area (Å²) >= 11 is 12.3. The number of carbonyl (C=O) groups is 2. The highest BCUT2D eigenvalue weighted by Crippen LogP contribution is 2.25. The molecule has 2 aromatic carbocycles. The van der Waals surface area contributed by atoms with Gasteiger partial charge in [-0.15, -0.1) is 0 Å². The smallest absolute Gasteiger partial charge is 0.244 e. The lowest BCUT2D eigenvalue weighted by Gasteiger charge is -2.33. The van der Waals surface area contributed by atoms with Gasteiger partial charge in [-0.3, -0.25) is 13.9 Å². The van der Waals surface area contributed by atoms with E-state index in [0.717, 1.165) is 16.1 Å². The summed E-state index contributed by atoms with van der Waals surface area (Å²) in [5, 5.41) is 3.59. The highest BCUT2D eigenvalue weighted by Gasteiger charge is 2.32. The molecule has 0 aliphatic rings. The molecule has 0 aromatic heterocycles. The molecule has 0 saturated carbocycles. The summed E-state index contributed by atoms with van der Waals surface area (Å²) in [6.07, 6.45) is 1.41. The van der Waals surface area contributed by atoms with Crippen molar-refractivity contribution in [3.05, 3.63) is 63.6 Å². The summed E-state index contributed by atoms with van der Waals surface area (Å²) in [7, 11) is -3.79. The van der Waals surface area contributed by atoms with E-state index in [1.54, 1.807) is 30.3 Å². The number of hydrogen-bond donors (Lipinski definition) is 1. The molecule has 0 aliphatic heterocycles. The molecule has 7 nitrogen and oxygen atoms in total. The Balaban J connectivity index is 2.44. The van der Waals surface area contributed by atoms with Crippen molar-refractivity contribution in [3.63, 3.8) is 0 Å². The average molecular weight is 571 g/mol. The number of carbonyl (C=O) groups excluding carboxylic acids is 2. The molecule has 0 radical (unpaired) electrons. The van der Waals surface area contributed by atoms with Crippen molar-refractivity contribution in [2.45, 2.75) is 59.5 Å². The van der Waals surface area contributed by atoms with Crippen LogP contribution in [0, 0.1) is 5.92 Å². The second kappa shape index (κ2) is 13.5. The number of hydrogen-bond acceptors (Lipinski definition) is 4. The van der Waals surface area contributed by atoms with Crippen LogP contribution >= 0.6 is 23.2 Å². The number of halogens is 2. The minimum atomic E-state index is -3.79. The summed E-state index contributed by atoms with van der Waals surface area (Å²) in [5.74, 6) is -0.290. The molecule has 0 unspecified atom stereocenters. The number of nitrogens with one attached hydrogen (secondary N) is 1. The van der Waals surface area contributed by atoms with Gasteiger partial charge in [-0.05, 0) is 53.6 Å². The fourth-order valence-corrected chi connectivity index (χ4v) is 4.99. The Morgan fingerprint density at radius 1 is 0.973 bits per heavy atom. The Morgan fingerprint density at radius 2 is 1.59 bits per heavy atom. The molecular formula is C27H37Cl2N3O4S.